The van der Waals surface area contributed by atoms with Crippen molar-refractivity contribution in [2.45, 2.75) is 20.3 Å². The lowest BCUT2D eigenvalue weighted by molar-refractivity contribution is -0.122. The summed E-state index contributed by atoms with van der Waals surface area (Å²) in [6.45, 7) is 4.44. The number of anilines is 2. The molecule has 0 aromatic heterocycles. The molecule has 0 saturated carbocycles. The molecule has 1 fully saturated rings. The van der Waals surface area contributed by atoms with Crippen molar-refractivity contribution in [2.24, 2.45) is 5.92 Å². The van der Waals surface area contributed by atoms with Crippen LogP contribution in [-0.4, -0.2) is 18.4 Å². The van der Waals surface area contributed by atoms with Crippen LogP contribution in [0.2, 0.25) is 0 Å². The molecule has 0 spiro atoms. The fourth-order valence-corrected chi connectivity index (χ4v) is 2.74. The Balaban J connectivity index is 1.68. The maximum atomic E-state index is 12.4. The number of amides is 2. The van der Waals surface area contributed by atoms with Gasteiger partial charge in [-0.05, 0) is 38.1 Å². The summed E-state index contributed by atoms with van der Waals surface area (Å²) in [5.74, 6) is -0.417. The van der Waals surface area contributed by atoms with Gasteiger partial charge in [0.2, 0.25) is 11.8 Å². The normalized spacial score (nSPS) is 17.4. The Kier molecular flexibility index (Phi) is 4.15. The molecule has 2 aromatic carbocycles. The van der Waals surface area contributed by atoms with E-state index >= 15 is 0 Å². The Labute approximate surface area is 136 Å². The smallest absolute Gasteiger partial charge is 0.229 e. The molecule has 1 aliphatic heterocycles. The van der Waals surface area contributed by atoms with E-state index in [0.29, 0.717) is 6.54 Å². The van der Waals surface area contributed by atoms with Crippen LogP contribution >= 0.6 is 0 Å². The Bertz CT molecular complexity index is 720. The SMILES string of the molecule is Cc1ccc(NC(=O)C2CC(=O)N(c3ccc(C)cc3)C2)cc1. The Morgan fingerprint density at radius 2 is 1.57 bits per heavy atom. The zero-order chi connectivity index (χ0) is 16.4. The first-order valence-electron chi connectivity index (χ1n) is 7.77. The van der Waals surface area contributed by atoms with Crippen LogP contribution < -0.4 is 10.2 Å². The molecule has 1 saturated heterocycles. The summed E-state index contributed by atoms with van der Waals surface area (Å²) in [5.41, 5.74) is 3.91. The fourth-order valence-electron chi connectivity index (χ4n) is 2.74. The molecule has 1 heterocycles. The fraction of sp³-hybridized carbons (Fsp3) is 0.263. The molecular weight excluding hydrogens is 288 g/mol. The predicted molar refractivity (Wildman–Crippen MR) is 91.4 cm³/mol. The van der Waals surface area contributed by atoms with Crippen molar-refractivity contribution in [2.75, 3.05) is 16.8 Å². The minimum atomic E-state index is -0.315. The van der Waals surface area contributed by atoms with E-state index in [2.05, 4.69) is 5.32 Å². The molecule has 2 amide bonds. The third kappa shape index (κ3) is 3.42. The topological polar surface area (TPSA) is 49.4 Å². The highest BCUT2D eigenvalue weighted by Crippen LogP contribution is 2.26. The molecule has 1 aliphatic rings. The molecule has 2 aromatic rings. The molecule has 0 aliphatic carbocycles. The monoisotopic (exact) mass is 308 g/mol. The molecule has 4 heteroatoms. The first-order chi connectivity index (χ1) is 11.0. The lowest BCUT2D eigenvalue weighted by atomic mass is 10.1. The van der Waals surface area contributed by atoms with Crippen molar-refractivity contribution in [1.29, 1.82) is 0 Å². The first-order valence-corrected chi connectivity index (χ1v) is 7.77. The number of carbonyl (C=O) groups is 2. The summed E-state index contributed by atoms with van der Waals surface area (Å²) in [4.78, 5) is 26.3. The van der Waals surface area contributed by atoms with Crippen molar-refractivity contribution >= 4 is 23.2 Å². The molecule has 0 radical (unpaired) electrons. The third-order valence-electron chi connectivity index (χ3n) is 4.16. The van der Waals surface area contributed by atoms with Gasteiger partial charge in [-0.15, -0.1) is 0 Å². The van der Waals surface area contributed by atoms with Gasteiger partial charge in [0, 0.05) is 24.3 Å². The van der Waals surface area contributed by atoms with Gasteiger partial charge in [-0.3, -0.25) is 9.59 Å². The van der Waals surface area contributed by atoms with Crippen LogP contribution in [0.25, 0.3) is 0 Å². The molecule has 4 nitrogen and oxygen atoms in total. The summed E-state index contributed by atoms with van der Waals surface area (Å²) in [5, 5.41) is 2.89. The van der Waals surface area contributed by atoms with Crippen molar-refractivity contribution in [3.05, 3.63) is 59.7 Å². The van der Waals surface area contributed by atoms with Crippen molar-refractivity contribution < 1.29 is 9.59 Å². The van der Waals surface area contributed by atoms with Gasteiger partial charge < -0.3 is 10.2 Å². The average Bonchev–Trinajstić information content (AvgIpc) is 2.92. The standard InChI is InChI=1S/C19H20N2O2/c1-13-3-7-16(8-4-13)20-19(23)15-11-18(22)21(12-15)17-9-5-14(2)6-10-17/h3-10,15H,11-12H2,1-2H3,(H,20,23). The van der Waals surface area contributed by atoms with Crippen LogP contribution in [0.15, 0.2) is 48.5 Å². The van der Waals surface area contributed by atoms with Gasteiger partial charge in [0.05, 0.1) is 5.92 Å². The zero-order valence-corrected chi connectivity index (χ0v) is 13.4. The molecule has 118 valence electrons. The largest absolute Gasteiger partial charge is 0.326 e. The van der Waals surface area contributed by atoms with Crippen molar-refractivity contribution in [3.63, 3.8) is 0 Å². The molecule has 3 rings (SSSR count). The highest BCUT2D eigenvalue weighted by Gasteiger charge is 2.35. The molecular formula is C19H20N2O2. The summed E-state index contributed by atoms with van der Waals surface area (Å²) in [6.07, 6.45) is 0.256. The number of benzene rings is 2. The lowest BCUT2D eigenvalue weighted by Crippen LogP contribution is -2.28. The number of carbonyl (C=O) groups excluding carboxylic acids is 2. The number of nitrogens with one attached hydrogen (secondary N) is 1. The zero-order valence-electron chi connectivity index (χ0n) is 13.4. The molecule has 1 N–H and O–H groups in total. The highest BCUT2D eigenvalue weighted by molar-refractivity contribution is 6.03. The summed E-state index contributed by atoms with van der Waals surface area (Å²) in [7, 11) is 0. The molecule has 1 unspecified atom stereocenters. The molecule has 0 bridgehead atoms. The van der Waals surface area contributed by atoms with Crippen molar-refractivity contribution in [3.8, 4) is 0 Å². The Morgan fingerprint density at radius 1 is 1.00 bits per heavy atom. The summed E-state index contributed by atoms with van der Waals surface area (Å²) in [6, 6.07) is 15.5. The van der Waals surface area contributed by atoms with Crippen molar-refractivity contribution in [1.82, 2.24) is 0 Å². The number of hydrogen-bond donors (Lipinski definition) is 1. The van der Waals surface area contributed by atoms with Gasteiger partial charge in [0.1, 0.15) is 0 Å². The number of aryl methyl sites for hydroxylation is 2. The lowest BCUT2D eigenvalue weighted by Gasteiger charge is -2.17. The van der Waals surface area contributed by atoms with Crippen LogP contribution in [0.4, 0.5) is 11.4 Å². The molecule has 1 atom stereocenters. The average molecular weight is 308 g/mol. The maximum absolute atomic E-state index is 12.4. The first kappa shape index (κ1) is 15.3. The van der Waals surface area contributed by atoms with Gasteiger partial charge >= 0.3 is 0 Å². The van der Waals surface area contributed by atoms with E-state index in [1.54, 1.807) is 4.90 Å². The van der Waals surface area contributed by atoms with E-state index < -0.39 is 0 Å². The third-order valence-corrected chi connectivity index (χ3v) is 4.16. The van der Waals surface area contributed by atoms with Crippen LogP contribution in [0, 0.1) is 19.8 Å². The van der Waals surface area contributed by atoms with E-state index in [1.165, 1.54) is 0 Å². The van der Waals surface area contributed by atoms with E-state index in [-0.39, 0.29) is 24.2 Å². The second kappa shape index (κ2) is 6.24. The summed E-state index contributed by atoms with van der Waals surface area (Å²) < 4.78 is 0. The van der Waals surface area contributed by atoms with Crippen LogP contribution in [-0.2, 0) is 9.59 Å². The van der Waals surface area contributed by atoms with E-state index in [4.69, 9.17) is 0 Å². The van der Waals surface area contributed by atoms with E-state index in [9.17, 15) is 9.59 Å². The number of nitrogens with zero attached hydrogens (tertiary/aromatic N) is 1. The minimum Gasteiger partial charge on any atom is -0.326 e. The van der Waals surface area contributed by atoms with Gasteiger partial charge in [0.25, 0.3) is 0 Å². The van der Waals surface area contributed by atoms with E-state index in [1.807, 2.05) is 62.4 Å². The quantitative estimate of drug-likeness (QED) is 0.946. The Morgan fingerprint density at radius 3 is 2.17 bits per heavy atom. The minimum absolute atomic E-state index is 0.00194. The van der Waals surface area contributed by atoms with Gasteiger partial charge in [0.15, 0.2) is 0 Å². The van der Waals surface area contributed by atoms with Gasteiger partial charge in [-0.25, -0.2) is 0 Å². The van der Waals surface area contributed by atoms with Gasteiger partial charge in [-0.1, -0.05) is 35.4 Å². The van der Waals surface area contributed by atoms with Crippen LogP contribution in [0.5, 0.6) is 0 Å². The van der Waals surface area contributed by atoms with Crippen LogP contribution in [0.1, 0.15) is 17.5 Å². The molecule has 23 heavy (non-hydrogen) atoms. The number of rotatable bonds is 3. The van der Waals surface area contributed by atoms with Crippen LogP contribution in [0.3, 0.4) is 0 Å². The van der Waals surface area contributed by atoms with E-state index in [0.717, 1.165) is 22.5 Å². The Hall–Kier alpha value is -2.62. The second-order valence-corrected chi connectivity index (χ2v) is 6.10. The summed E-state index contributed by atoms with van der Waals surface area (Å²) >= 11 is 0. The number of hydrogen-bond acceptors (Lipinski definition) is 2. The maximum Gasteiger partial charge on any atom is 0.229 e. The van der Waals surface area contributed by atoms with Gasteiger partial charge in [-0.2, -0.15) is 0 Å². The highest BCUT2D eigenvalue weighted by atomic mass is 16.2. The predicted octanol–water partition coefficient (Wildman–Crippen LogP) is 3.30. The second-order valence-electron chi connectivity index (χ2n) is 6.10.